The Morgan fingerprint density at radius 3 is 2.76 bits per heavy atom. The first-order valence-electron chi connectivity index (χ1n) is 6.69. The molecule has 5 nitrogen and oxygen atoms in total. The summed E-state index contributed by atoms with van der Waals surface area (Å²) >= 11 is 0. The van der Waals surface area contributed by atoms with Gasteiger partial charge in [0.1, 0.15) is 12.4 Å². The summed E-state index contributed by atoms with van der Waals surface area (Å²) in [6.45, 7) is 0.710. The predicted molar refractivity (Wildman–Crippen MR) is 81.8 cm³/mol. The van der Waals surface area contributed by atoms with E-state index < -0.39 is 6.09 Å². The summed E-state index contributed by atoms with van der Waals surface area (Å²) in [7, 11) is 0. The van der Waals surface area contributed by atoms with Crippen LogP contribution in [-0.4, -0.2) is 18.5 Å². The number of hydrogen-bond acceptors (Lipinski definition) is 4. The quantitative estimate of drug-likeness (QED) is 0.889. The molecular formula is C16H15N3O2. The molecule has 0 radical (unpaired) electrons. The van der Waals surface area contributed by atoms with Crippen LogP contribution in [0.25, 0.3) is 0 Å². The van der Waals surface area contributed by atoms with E-state index in [0.29, 0.717) is 12.4 Å². The molecule has 0 saturated heterocycles. The van der Waals surface area contributed by atoms with Gasteiger partial charge in [-0.2, -0.15) is 0 Å². The Morgan fingerprint density at radius 1 is 1.14 bits per heavy atom. The lowest BCUT2D eigenvalue weighted by atomic mass is 10.2. The van der Waals surface area contributed by atoms with E-state index in [4.69, 9.17) is 4.74 Å². The van der Waals surface area contributed by atoms with Crippen LogP contribution in [0.5, 0.6) is 0 Å². The largest absolute Gasteiger partial charge is 0.444 e. The van der Waals surface area contributed by atoms with Crippen molar-refractivity contribution in [3.63, 3.8) is 0 Å². The first-order valence-corrected chi connectivity index (χ1v) is 6.69. The number of ether oxygens (including phenoxy) is 1. The van der Waals surface area contributed by atoms with E-state index in [1.807, 2.05) is 54.6 Å². The van der Waals surface area contributed by atoms with Crippen LogP contribution in [0, 0.1) is 0 Å². The fourth-order valence-electron chi connectivity index (χ4n) is 2.03. The summed E-state index contributed by atoms with van der Waals surface area (Å²) in [5.41, 5.74) is 2.71. The molecule has 21 heavy (non-hydrogen) atoms. The van der Waals surface area contributed by atoms with Crippen molar-refractivity contribution in [2.45, 2.75) is 6.61 Å². The van der Waals surface area contributed by atoms with Crippen molar-refractivity contribution in [3.8, 4) is 0 Å². The molecule has 0 atom stereocenters. The van der Waals surface area contributed by atoms with E-state index in [9.17, 15) is 4.79 Å². The summed E-state index contributed by atoms with van der Waals surface area (Å²) < 4.78 is 5.16. The second-order valence-corrected chi connectivity index (χ2v) is 4.62. The first-order chi connectivity index (χ1) is 10.3. The highest BCUT2D eigenvalue weighted by atomic mass is 16.5. The number of amides is 1. The van der Waals surface area contributed by atoms with E-state index in [0.717, 1.165) is 16.9 Å². The van der Waals surface area contributed by atoms with Crippen LogP contribution in [0.4, 0.5) is 16.2 Å². The number of carbonyl (C=O) groups is 1. The third-order valence-electron chi connectivity index (χ3n) is 3.06. The lowest BCUT2D eigenvalue weighted by Crippen LogP contribution is -2.36. The van der Waals surface area contributed by atoms with Gasteiger partial charge in [-0.25, -0.2) is 9.79 Å². The van der Waals surface area contributed by atoms with Crippen molar-refractivity contribution >= 4 is 23.3 Å². The Labute approximate surface area is 122 Å². The summed E-state index contributed by atoms with van der Waals surface area (Å²) in [5.74, 6) is 0.548. The molecule has 2 aromatic carbocycles. The summed E-state index contributed by atoms with van der Waals surface area (Å²) in [6.07, 6.45) is -0.501. The Bertz CT molecular complexity index is 668. The topological polar surface area (TPSA) is 62.7 Å². The lowest BCUT2D eigenvalue weighted by Gasteiger charge is -2.17. The highest BCUT2D eigenvalue weighted by molar-refractivity contribution is 6.01. The fourth-order valence-corrected chi connectivity index (χ4v) is 2.03. The van der Waals surface area contributed by atoms with E-state index >= 15 is 0 Å². The molecule has 106 valence electrons. The molecule has 1 heterocycles. The van der Waals surface area contributed by atoms with Crippen molar-refractivity contribution in [1.29, 1.82) is 0 Å². The average Bonchev–Trinajstić information content (AvgIpc) is 2.54. The smallest absolute Gasteiger partial charge is 0.412 e. The van der Waals surface area contributed by atoms with Crippen LogP contribution in [0.15, 0.2) is 59.6 Å². The van der Waals surface area contributed by atoms with Crippen LogP contribution < -0.4 is 10.6 Å². The molecule has 0 fully saturated rings. The minimum atomic E-state index is -0.501. The molecule has 0 aliphatic carbocycles. The van der Waals surface area contributed by atoms with Crippen LogP contribution >= 0.6 is 0 Å². The number of para-hydroxylation sites is 2. The summed E-state index contributed by atoms with van der Waals surface area (Å²) in [6, 6.07) is 17.2. The SMILES string of the molecule is O=C(NC1=Nc2ccccc2NC1)OCc1ccccc1. The molecule has 0 saturated carbocycles. The molecule has 2 aromatic rings. The van der Waals surface area contributed by atoms with E-state index in [2.05, 4.69) is 15.6 Å². The zero-order valence-corrected chi connectivity index (χ0v) is 11.4. The van der Waals surface area contributed by atoms with Gasteiger partial charge in [-0.05, 0) is 17.7 Å². The lowest BCUT2D eigenvalue weighted by molar-refractivity contribution is 0.145. The molecule has 0 aromatic heterocycles. The number of fused-ring (bicyclic) bond motifs is 1. The number of benzene rings is 2. The minimum absolute atomic E-state index is 0.240. The van der Waals surface area contributed by atoms with Gasteiger partial charge < -0.3 is 10.1 Å². The maximum atomic E-state index is 11.8. The number of hydrogen-bond donors (Lipinski definition) is 2. The number of amidine groups is 1. The molecule has 0 unspecified atom stereocenters. The van der Waals surface area contributed by atoms with E-state index in [1.165, 1.54) is 0 Å². The summed E-state index contributed by atoms with van der Waals surface area (Å²) in [4.78, 5) is 16.1. The molecule has 3 rings (SSSR count). The van der Waals surface area contributed by atoms with Gasteiger partial charge in [0.05, 0.1) is 17.9 Å². The summed E-state index contributed by atoms with van der Waals surface area (Å²) in [5, 5.41) is 5.85. The number of rotatable bonds is 2. The van der Waals surface area contributed by atoms with Crippen molar-refractivity contribution < 1.29 is 9.53 Å². The molecule has 0 spiro atoms. The number of nitrogens with one attached hydrogen (secondary N) is 2. The monoisotopic (exact) mass is 281 g/mol. The van der Waals surface area contributed by atoms with Gasteiger partial charge >= 0.3 is 6.09 Å². The number of anilines is 1. The second-order valence-electron chi connectivity index (χ2n) is 4.62. The Morgan fingerprint density at radius 2 is 1.90 bits per heavy atom. The molecule has 1 aliphatic heterocycles. The van der Waals surface area contributed by atoms with E-state index in [1.54, 1.807) is 0 Å². The van der Waals surface area contributed by atoms with Gasteiger partial charge in [-0.1, -0.05) is 42.5 Å². The predicted octanol–water partition coefficient (Wildman–Crippen LogP) is 3.07. The number of carbonyl (C=O) groups excluding carboxylic acids is 1. The Kier molecular flexibility index (Phi) is 3.82. The third-order valence-corrected chi connectivity index (χ3v) is 3.06. The van der Waals surface area contributed by atoms with Crippen molar-refractivity contribution in [2.24, 2.45) is 4.99 Å². The maximum absolute atomic E-state index is 11.8. The highest BCUT2D eigenvalue weighted by Gasteiger charge is 2.13. The second kappa shape index (κ2) is 6.09. The van der Waals surface area contributed by atoms with Crippen LogP contribution in [-0.2, 0) is 11.3 Å². The van der Waals surface area contributed by atoms with Gasteiger partial charge in [-0.15, -0.1) is 0 Å². The molecular weight excluding hydrogens is 266 g/mol. The number of aliphatic imine (C=N–C) groups is 1. The Hall–Kier alpha value is -2.82. The average molecular weight is 281 g/mol. The molecule has 1 amide bonds. The number of nitrogens with zero attached hydrogens (tertiary/aromatic N) is 1. The van der Waals surface area contributed by atoms with Gasteiger partial charge in [0.25, 0.3) is 0 Å². The molecule has 1 aliphatic rings. The molecule has 5 heteroatoms. The van der Waals surface area contributed by atoms with Crippen molar-refractivity contribution in [2.75, 3.05) is 11.9 Å². The highest BCUT2D eigenvalue weighted by Crippen LogP contribution is 2.26. The third kappa shape index (κ3) is 3.39. The van der Waals surface area contributed by atoms with Crippen LogP contribution in [0.3, 0.4) is 0 Å². The van der Waals surface area contributed by atoms with Crippen molar-refractivity contribution in [3.05, 3.63) is 60.2 Å². The van der Waals surface area contributed by atoms with Gasteiger partial charge in [-0.3, -0.25) is 5.32 Å². The zero-order chi connectivity index (χ0) is 14.5. The molecule has 2 N–H and O–H groups in total. The first kappa shape index (κ1) is 13.2. The fraction of sp³-hybridized carbons (Fsp3) is 0.125. The van der Waals surface area contributed by atoms with Crippen LogP contribution in [0.1, 0.15) is 5.56 Å². The van der Waals surface area contributed by atoms with Gasteiger partial charge in [0, 0.05) is 0 Å². The normalized spacial score (nSPS) is 12.7. The van der Waals surface area contributed by atoms with Crippen LogP contribution in [0.2, 0.25) is 0 Å². The van der Waals surface area contributed by atoms with Crippen molar-refractivity contribution in [1.82, 2.24) is 5.32 Å². The minimum Gasteiger partial charge on any atom is -0.444 e. The van der Waals surface area contributed by atoms with Gasteiger partial charge in [0.2, 0.25) is 0 Å². The zero-order valence-electron chi connectivity index (χ0n) is 11.4. The standard InChI is InChI=1S/C16H15N3O2/c20-16(21-11-12-6-2-1-3-7-12)19-15-10-17-13-8-4-5-9-14(13)18-15/h1-9,17H,10-11H2,(H,18,19,20). The van der Waals surface area contributed by atoms with E-state index in [-0.39, 0.29) is 6.61 Å². The number of alkyl carbamates (subject to hydrolysis) is 1. The maximum Gasteiger partial charge on any atom is 0.412 e. The Balaban J connectivity index is 1.57. The molecule has 0 bridgehead atoms. The van der Waals surface area contributed by atoms with Gasteiger partial charge in [0.15, 0.2) is 0 Å².